The molecule has 0 unspecified atom stereocenters. The summed E-state index contributed by atoms with van der Waals surface area (Å²) in [4.78, 5) is 23.2. The summed E-state index contributed by atoms with van der Waals surface area (Å²) >= 11 is 0. The van der Waals surface area contributed by atoms with Gasteiger partial charge in [-0.2, -0.15) is 0 Å². The second-order valence-electron chi connectivity index (χ2n) is 5.64. The van der Waals surface area contributed by atoms with Gasteiger partial charge in [0.2, 0.25) is 0 Å². The summed E-state index contributed by atoms with van der Waals surface area (Å²) in [6.07, 6.45) is 0. The van der Waals surface area contributed by atoms with Gasteiger partial charge in [-0.1, -0.05) is 11.6 Å². The second-order valence-corrected chi connectivity index (χ2v) is 5.64. The van der Waals surface area contributed by atoms with E-state index in [9.17, 15) is 9.59 Å². The molecule has 0 atom stereocenters. The number of hydrogen-bond acceptors (Lipinski definition) is 3. The Bertz CT molecular complexity index is 487. The van der Waals surface area contributed by atoms with Gasteiger partial charge in [0.1, 0.15) is 5.75 Å². The first-order valence-corrected chi connectivity index (χ1v) is 6.24. The van der Waals surface area contributed by atoms with E-state index >= 15 is 0 Å². The Morgan fingerprint density at radius 2 is 1.89 bits per heavy atom. The lowest BCUT2D eigenvalue weighted by molar-refractivity contribution is -0.124. The number of nitrogens with one attached hydrogen (secondary N) is 1. The van der Waals surface area contributed by atoms with Crippen LogP contribution in [-0.2, 0) is 4.79 Å². The first-order chi connectivity index (χ1) is 8.69. The number of carbonyl (C=O) groups excluding carboxylic acids is 2. The number of amides is 1. The minimum Gasteiger partial charge on any atom is -0.483 e. The molecule has 1 amide bonds. The number of ketones is 1. The number of ether oxygens (including phenoxy) is 1. The highest BCUT2D eigenvalue weighted by Crippen LogP contribution is 2.20. The SMILES string of the molecule is CC(=O)c1cc(C)ccc1OCC(=O)NC(C)(C)C. The Kier molecular flexibility index (Phi) is 4.70. The van der Waals surface area contributed by atoms with E-state index in [1.54, 1.807) is 12.1 Å². The quantitative estimate of drug-likeness (QED) is 0.849. The Balaban J connectivity index is 2.73. The summed E-state index contributed by atoms with van der Waals surface area (Å²) in [5.74, 6) is 0.166. The zero-order valence-corrected chi connectivity index (χ0v) is 12.2. The molecule has 19 heavy (non-hydrogen) atoms. The van der Waals surface area contributed by atoms with Gasteiger partial charge < -0.3 is 10.1 Å². The molecule has 0 saturated heterocycles. The van der Waals surface area contributed by atoms with Crippen molar-refractivity contribution in [3.05, 3.63) is 29.3 Å². The van der Waals surface area contributed by atoms with E-state index in [-0.39, 0.29) is 23.8 Å². The van der Waals surface area contributed by atoms with Gasteiger partial charge in [-0.15, -0.1) is 0 Å². The maximum atomic E-state index is 11.7. The number of rotatable bonds is 4. The van der Waals surface area contributed by atoms with Crippen molar-refractivity contribution in [1.82, 2.24) is 5.32 Å². The zero-order valence-electron chi connectivity index (χ0n) is 12.2. The number of Topliss-reactive ketones (excluding diaryl/α,β-unsaturated/α-hetero) is 1. The largest absolute Gasteiger partial charge is 0.483 e. The summed E-state index contributed by atoms with van der Waals surface area (Å²) in [5, 5.41) is 2.80. The van der Waals surface area contributed by atoms with Crippen LogP contribution in [0.15, 0.2) is 18.2 Å². The normalized spacial score (nSPS) is 11.0. The van der Waals surface area contributed by atoms with Crippen LogP contribution in [-0.4, -0.2) is 23.8 Å². The minimum atomic E-state index is -0.295. The van der Waals surface area contributed by atoms with Gasteiger partial charge in [-0.05, 0) is 46.8 Å². The number of benzene rings is 1. The van der Waals surface area contributed by atoms with E-state index in [2.05, 4.69) is 5.32 Å². The molecule has 1 rings (SSSR count). The number of aryl methyl sites for hydroxylation is 1. The molecule has 1 aromatic carbocycles. The third-order valence-corrected chi connectivity index (χ3v) is 2.39. The smallest absolute Gasteiger partial charge is 0.258 e. The molecule has 0 fully saturated rings. The standard InChI is InChI=1S/C15H21NO3/c1-10-6-7-13(12(8-10)11(2)17)19-9-14(18)16-15(3,4)5/h6-8H,9H2,1-5H3,(H,16,18). The summed E-state index contributed by atoms with van der Waals surface area (Å²) in [6.45, 7) is 8.99. The highest BCUT2D eigenvalue weighted by molar-refractivity contribution is 5.97. The maximum absolute atomic E-state index is 11.7. The van der Waals surface area contributed by atoms with E-state index < -0.39 is 0 Å². The van der Waals surface area contributed by atoms with Crippen molar-refractivity contribution in [3.8, 4) is 5.75 Å². The van der Waals surface area contributed by atoms with Crippen LogP contribution < -0.4 is 10.1 Å². The Labute approximate surface area is 114 Å². The lowest BCUT2D eigenvalue weighted by Crippen LogP contribution is -2.43. The van der Waals surface area contributed by atoms with Crippen molar-refractivity contribution in [1.29, 1.82) is 0 Å². The fourth-order valence-corrected chi connectivity index (χ4v) is 1.64. The van der Waals surface area contributed by atoms with Gasteiger partial charge >= 0.3 is 0 Å². The molecule has 4 heteroatoms. The molecule has 104 valence electrons. The second kappa shape index (κ2) is 5.87. The topological polar surface area (TPSA) is 55.4 Å². The summed E-state index contributed by atoms with van der Waals surface area (Å²) in [7, 11) is 0. The molecule has 0 aliphatic heterocycles. The Morgan fingerprint density at radius 3 is 2.42 bits per heavy atom. The maximum Gasteiger partial charge on any atom is 0.258 e. The molecule has 0 bridgehead atoms. The molecule has 0 radical (unpaired) electrons. The van der Waals surface area contributed by atoms with Crippen LogP contribution in [0, 0.1) is 6.92 Å². The van der Waals surface area contributed by atoms with Gasteiger partial charge in [0, 0.05) is 5.54 Å². The van der Waals surface area contributed by atoms with Crippen molar-refractivity contribution < 1.29 is 14.3 Å². The molecular weight excluding hydrogens is 242 g/mol. The highest BCUT2D eigenvalue weighted by Gasteiger charge is 2.15. The number of hydrogen-bond donors (Lipinski definition) is 1. The predicted octanol–water partition coefficient (Wildman–Crippen LogP) is 2.49. The lowest BCUT2D eigenvalue weighted by Gasteiger charge is -2.20. The summed E-state index contributed by atoms with van der Waals surface area (Å²) in [5.41, 5.74) is 1.19. The van der Waals surface area contributed by atoms with E-state index in [0.29, 0.717) is 11.3 Å². The molecule has 1 aromatic rings. The van der Waals surface area contributed by atoms with Crippen LogP contribution in [0.2, 0.25) is 0 Å². The number of carbonyl (C=O) groups is 2. The highest BCUT2D eigenvalue weighted by atomic mass is 16.5. The van der Waals surface area contributed by atoms with Gasteiger partial charge in [0.05, 0.1) is 5.56 Å². The molecule has 0 heterocycles. The molecule has 1 N–H and O–H groups in total. The lowest BCUT2D eigenvalue weighted by atomic mass is 10.1. The van der Waals surface area contributed by atoms with Crippen molar-refractivity contribution in [2.24, 2.45) is 0 Å². The monoisotopic (exact) mass is 263 g/mol. The van der Waals surface area contributed by atoms with Crippen molar-refractivity contribution in [3.63, 3.8) is 0 Å². The van der Waals surface area contributed by atoms with E-state index in [1.807, 2.05) is 33.8 Å². The molecule has 0 aromatic heterocycles. The first-order valence-electron chi connectivity index (χ1n) is 6.24. The summed E-state index contributed by atoms with van der Waals surface area (Å²) < 4.78 is 5.43. The molecule has 0 spiro atoms. The van der Waals surface area contributed by atoms with E-state index in [1.165, 1.54) is 6.92 Å². The molecule has 0 aliphatic rings. The fraction of sp³-hybridized carbons (Fsp3) is 0.467. The first kappa shape index (κ1) is 15.2. The Hall–Kier alpha value is -1.84. The van der Waals surface area contributed by atoms with Crippen LogP contribution in [0.1, 0.15) is 43.6 Å². The van der Waals surface area contributed by atoms with E-state index in [0.717, 1.165) is 5.56 Å². The van der Waals surface area contributed by atoms with Crippen LogP contribution in [0.4, 0.5) is 0 Å². The van der Waals surface area contributed by atoms with Crippen LogP contribution in [0.5, 0.6) is 5.75 Å². The van der Waals surface area contributed by atoms with Gasteiger partial charge in [0.15, 0.2) is 12.4 Å². The zero-order chi connectivity index (χ0) is 14.6. The minimum absolute atomic E-state index is 0.0741. The molecular formula is C15H21NO3. The van der Waals surface area contributed by atoms with Crippen LogP contribution in [0.3, 0.4) is 0 Å². The molecule has 0 saturated carbocycles. The average molecular weight is 263 g/mol. The van der Waals surface area contributed by atoms with Gasteiger partial charge in [-0.25, -0.2) is 0 Å². The fourth-order valence-electron chi connectivity index (χ4n) is 1.64. The summed E-state index contributed by atoms with van der Waals surface area (Å²) in [6, 6.07) is 5.33. The predicted molar refractivity (Wildman–Crippen MR) is 74.6 cm³/mol. The van der Waals surface area contributed by atoms with Gasteiger partial charge in [-0.3, -0.25) is 9.59 Å². The van der Waals surface area contributed by atoms with Crippen LogP contribution >= 0.6 is 0 Å². The third-order valence-electron chi connectivity index (χ3n) is 2.39. The van der Waals surface area contributed by atoms with Crippen molar-refractivity contribution in [2.75, 3.05) is 6.61 Å². The van der Waals surface area contributed by atoms with Crippen LogP contribution in [0.25, 0.3) is 0 Å². The Morgan fingerprint density at radius 1 is 1.26 bits per heavy atom. The van der Waals surface area contributed by atoms with E-state index in [4.69, 9.17) is 4.74 Å². The van der Waals surface area contributed by atoms with Crippen molar-refractivity contribution in [2.45, 2.75) is 40.2 Å². The average Bonchev–Trinajstić information content (AvgIpc) is 2.24. The van der Waals surface area contributed by atoms with Crippen molar-refractivity contribution >= 4 is 11.7 Å². The molecule has 4 nitrogen and oxygen atoms in total. The third kappa shape index (κ3) is 5.12. The van der Waals surface area contributed by atoms with Gasteiger partial charge in [0.25, 0.3) is 5.91 Å². The molecule has 0 aliphatic carbocycles.